The molecule has 0 saturated carbocycles. The van der Waals surface area contributed by atoms with Crippen LogP contribution in [0.2, 0.25) is 0 Å². The van der Waals surface area contributed by atoms with Crippen LogP contribution in [0.4, 0.5) is 0 Å². The summed E-state index contributed by atoms with van der Waals surface area (Å²) in [5, 5.41) is 2.60. The van der Waals surface area contributed by atoms with Crippen molar-refractivity contribution in [3.8, 4) is 0 Å². The number of fused-ring (bicyclic) bond motifs is 1. The second-order valence-electron chi connectivity index (χ2n) is 9.15. The summed E-state index contributed by atoms with van der Waals surface area (Å²) in [4.78, 5) is 39.4. The second-order valence-corrected chi connectivity index (χ2v) is 10.9. The molecule has 0 bridgehead atoms. The molecule has 8 heteroatoms. The summed E-state index contributed by atoms with van der Waals surface area (Å²) in [5.41, 5.74) is 0.895. The van der Waals surface area contributed by atoms with E-state index in [0.29, 0.717) is 17.6 Å². The Morgan fingerprint density at radius 2 is 1.86 bits per heavy atom. The van der Waals surface area contributed by atoms with Crippen LogP contribution in [0.25, 0.3) is 0 Å². The predicted octanol–water partition coefficient (Wildman–Crippen LogP) is 1.03. The molecule has 3 atom stereocenters. The minimum atomic E-state index is -0.639. The van der Waals surface area contributed by atoms with Crippen LogP contribution in [0.3, 0.4) is 0 Å². The smallest absolute Gasteiger partial charge is 0.330 e. The molecule has 1 aromatic carbocycles. The van der Waals surface area contributed by atoms with Crippen LogP contribution in [0.5, 0.6) is 0 Å². The van der Waals surface area contributed by atoms with E-state index in [9.17, 15) is 14.4 Å². The minimum absolute atomic E-state index is 0.193. The normalized spacial score (nSPS) is 25.2. The number of carbonyl (C=O) groups excluding carboxylic acids is 3. The molecule has 1 N–H and O–H groups in total. The lowest BCUT2D eigenvalue weighted by molar-refractivity contribution is -0.870. The van der Waals surface area contributed by atoms with Gasteiger partial charge in [0.25, 0.3) is 0 Å². The van der Waals surface area contributed by atoms with Crippen LogP contribution in [0.15, 0.2) is 30.3 Å². The Balaban J connectivity index is 1.60. The van der Waals surface area contributed by atoms with Crippen LogP contribution in [-0.4, -0.2) is 83.7 Å². The number of likely N-dealkylation sites (N-methyl/N-ethyl adjacent to an activating group) is 1. The molecule has 2 saturated heterocycles. The highest BCUT2D eigenvalue weighted by Crippen LogP contribution is 2.51. The SMILES string of the molecule is CC1(C)SC2C(NC(=O)Cc3ccccc3)C(=O)N2C1C(=O)OCC[N+](C)(C)C. The Hall–Kier alpha value is -2.06. The van der Waals surface area contributed by atoms with Crippen LogP contribution in [0, 0.1) is 0 Å². The van der Waals surface area contributed by atoms with Gasteiger partial charge in [0, 0.05) is 4.75 Å². The largest absolute Gasteiger partial charge is 0.458 e. The molecule has 0 spiro atoms. The standard InChI is InChI=1S/C21H29N3O4S/c1-21(2)17(20(27)28-12-11-24(3,4)5)23-18(26)16(19(23)29-21)22-15(25)13-14-9-7-6-8-10-14/h6-10,16-17,19H,11-13H2,1-5H3/p+1. The van der Waals surface area contributed by atoms with Crippen molar-refractivity contribution in [2.75, 3.05) is 34.3 Å². The van der Waals surface area contributed by atoms with Gasteiger partial charge in [-0.15, -0.1) is 11.8 Å². The molecule has 2 aliphatic heterocycles. The number of β-lactam (4-membered cyclic amide) rings is 1. The molecule has 7 nitrogen and oxygen atoms in total. The Labute approximate surface area is 176 Å². The fraction of sp³-hybridized carbons (Fsp3) is 0.571. The minimum Gasteiger partial charge on any atom is -0.458 e. The quantitative estimate of drug-likeness (QED) is 0.405. The van der Waals surface area contributed by atoms with Crippen LogP contribution >= 0.6 is 11.8 Å². The van der Waals surface area contributed by atoms with E-state index < -0.39 is 16.8 Å². The number of hydrogen-bond donors (Lipinski definition) is 1. The Morgan fingerprint density at radius 3 is 2.48 bits per heavy atom. The first-order valence-corrected chi connectivity index (χ1v) is 10.7. The zero-order valence-electron chi connectivity index (χ0n) is 17.7. The van der Waals surface area contributed by atoms with E-state index in [1.165, 1.54) is 11.8 Å². The Kier molecular flexibility index (Phi) is 5.96. The number of esters is 1. The van der Waals surface area contributed by atoms with E-state index >= 15 is 0 Å². The van der Waals surface area contributed by atoms with Gasteiger partial charge in [0.15, 0.2) is 0 Å². The molecule has 2 aliphatic rings. The number of rotatable bonds is 7. The second kappa shape index (κ2) is 7.99. The van der Waals surface area contributed by atoms with Crippen LogP contribution in [0.1, 0.15) is 19.4 Å². The van der Waals surface area contributed by atoms with Crippen molar-refractivity contribution in [3.05, 3.63) is 35.9 Å². The number of nitrogens with one attached hydrogen (secondary N) is 1. The first kappa shape index (κ1) is 21.6. The van der Waals surface area contributed by atoms with Gasteiger partial charge < -0.3 is 19.4 Å². The van der Waals surface area contributed by atoms with Crippen molar-refractivity contribution < 1.29 is 23.6 Å². The van der Waals surface area contributed by atoms with E-state index in [1.54, 1.807) is 4.90 Å². The summed E-state index contributed by atoms with van der Waals surface area (Å²) in [6.45, 7) is 4.89. The summed E-state index contributed by atoms with van der Waals surface area (Å²) in [7, 11) is 6.09. The number of benzene rings is 1. The van der Waals surface area contributed by atoms with Gasteiger partial charge in [-0.3, -0.25) is 9.59 Å². The fourth-order valence-electron chi connectivity index (χ4n) is 3.63. The number of thioether (sulfide) groups is 1. The van der Waals surface area contributed by atoms with Crippen molar-refractivity contribution in [1.29, 1.82) is 0 Å². The third-order valence-corrected chi connectivity index (χ3v) is 6.77. The summed E-state index contributed by atoms with van der Waals surface area (Å²) < 4.78 is 5.70. The van der Waals surface area contributed by atoms with Gasteiger partial charge in [0.05, 0.1) is 27.6 Å². The lowest BCUT2D eigenvalue weighted by Gasteiger charge is -2.44. The number of quaternary nitrogens is 1. The van der Waals surface area contributed by atoms with Crippen molar-refractivity contribution in [2.45, 2.75) is 42.5 Å². The molecular formula is C21H30N3O4S+. The number of ether oxygens (including phenoxy) is 1. The predicted molar refractivity (Wildman–Crippen MR) is 112 cm³/mol. The third kappa shape index (κ3) is 4.75. The van der Waals surface area contributed by atoms with Crippen molar-refractivity contribution in [1.82, 2.24) is 10.2 Å². The van der Waals surface area contributed by atoms with Crippen molar-refractivity contribution in [2.24, 2.45) is 0 Å². The highest BCUT2D eigenvalue weighted by Gasteiger charge is 2.64. The van der Waals surface area contributed by atoms with E-state index in [2.05, 4.69) is 5.32 Å². The van der Waals surface area contributed by atoms with Crippen LogP contribution in [-0.2, 0) is 25.5 Å². The summed E-state index contributed by atoms with van der Waals surface area (Å²) in [6, 6.07) is 8.17. The lowest BCUT2D eigenvalue weighted by atomic mass is 9.96. The molecule has 3 unspecified atom stereocenters. The molecule has 0 aromatic heterocycles. The molecular weight excluding hydrogens is 390 g/mol. The molecule has 158 valence electrons. The molecule has 3 rings (SSSR count). The summed E-state index contributed by atoms with van der Waals surface area (Å²) >= 11 is 1.54. The maximum atomic E-state index is 12.8. The average molecular weight is 421 g/mol. The van der Waals surface area contributed by atoms with E-state index in [1.807, 2.05) is 65.3 Å². The molecule has 0 aliphatic carbocycles. The summed E-state index contributed by atoms with van der Waals surface area (Å²) in [5.74, 6) is -0.787. The highest BCUT2D eigenvalue weighted by atomic mass is 32.2. The first-order valence-electron chi connectivity index (χ1n) is 9.80. The van der Waals surface area contributed by atoms with Gasteiger partial charge in [-0.2, -0.15) is 0 Å². The zero-order valence-corrected chi connectivity index (χ0v) is 18.5. The fourth-order valence-corrected chi connectivity index (χ4v) is 5.25. The maximum Gasteiger partial charge on any atom is 0.330 e. The number of carbonyl (C=O) groups is 3. The highest BCUT2D eigenvalue weighted by molar-refractivity contribution is 8.01. The van der Waals surface area contributed by atoms with Crippen molar-refractivity contribution >= 4 is 29.5 Å². The maximum absolute atomic E-state index is 12.8. The Morgan fingerprint density at radius 1 is 1.21 bits per heavy atom. The van der Waals surface area contributed by atoms with E-state index in [4.69, 9.17) is 4.74 Å². The van der Waals surface area contributed by atoms with Gasteiger partial charge in [-0.1, -0.05) is 30.3 Å². The van der Waals surface area contributed by atoms with Gasteiger partial charge in [0.2, 0.25) is 11.8 Å². The lowest BCUT2D eigenvalue weighted by Crippen LogP contribution is -2.70. The zero-order chi connectivity index (χ0) is 21.4. The molecule has 2 fully saturated rings. The van der Waals surface area contributed by atoms with Crippen LogP contribution < -0.4 is 5.32 Å². The van der Waals surface area contributed by atoms with Gasteiger partial charge in [0.1, 0.15) is 30.6 Å². The number of amides is 2. The van der Waals surface area contributed by atoms with E-state index in [0.717, 1.165) is 5.56 Å². The molecule has 0 radical (unpaired) electrons. The molecule has 2 heterocycles. The third-order valence-electron chi connectivity index (χ3n) is 5.19. The van der Waals surface area contributed by atoms with E-state index in [-0.39, 0.29) is 29.6 Å². The average Bonchev–Trinajstić information content (AvgIpc) is 2.87. The molecule has 1 aromatic rings. The molecule has 29 heavy (non-hydrogen) atoms. The monoisotopic (exact) mass is 420 g/mol. The van der Waals surface area contributed by atoms with Gasteiger partial charge in [-0.25, -0.2) is 4.79 Å². The first-order chi connectivity index (χ1) is 13.5. The molecule has 2 amide bonds. The van der Waals surface area contributed by atoms with Gasteiger partial charge in [-0.05, 0) is 19.4 Å². The topological polar surface area (TPSA) is 75.7 Å². The summed E-state index contributed by atoms with van der Waals surface area (Å²) in [6.07, 6.45) is 0.224. The Bertz CT molecular complexity index is 791. The van der Waals surface area contributed by atoms with Gasteiger partial charge >= 0.3 is 5.97 Å². The number of hydrogen-bond acceptors (Lipinski definition) is 5. The number of nitrogens with zero attached hydrogens (tertiary/aromatic N) is 2. The van der Waals surface area contributed by atoms with Crippen molar-refractivity contribution in [3.63, 3.8) is 0 Å².